The van der Waals surface area contributed by atoms with Crippen molar-refractivity contribution in [1.82, 2.24) is 9.21 Å². The summed E-state index contributed by atoms with van der Waals surface area (Å²) in [6.07, 6.45) is 6.39. The van der Waals surface area contributed by atoms with E-state index in [1.165, 1.54) is 22.9 Å². The first-order chi connectivity index (χ1) is 14.3. The molecule has 2 aliphatic heterocycles. The third kappa shape index (κ3) is 3.90. The molecule has 3 aliphatic rings. The molecule has 0 spiro atoms. The van der Waals surface area contributed by atoms with Gasteiger partial charge in [0.25, 0.3) is 5.91 Å². The minimum atomic E-state index is -4.01. The van der Waals surface area contributed by atoms with E-state index in [4.69, 9.17) is 16.3 Å². The second-order valence-electron chi connectivity index (χ2n) is 8.13. The highest BCUT2D eigenvalue weighted by Crippen LogP contribution is 2.38. The Kier molecular flexibility index (Phi) is 5.96. The van der Waals surface area contributed by atoms with Crippen LogP contribution in [-0.4, -0.2) is 61.7 Å². The number of carbonyl (C=O) groups excluding carboxylic acids is 2. The van der Waals surface area contributed by atoms with Gasteiger partial charge >= 0.3 is 0 Å². The Labute approximate surface area is 181 Å². The monoisotopic (exact) mass is 455 g/mol. The maximum Gasteiger partial charge on any atom is 0.262 e. The third-order valence-electron chi connectivity index (χ3n) is 6.21. The van der Waals surface area contributed by atoms with Gasteiger partial charge in [-0.3, -0.25) is 9.59 Å². The Bertz CT molecular complexity index is 961. The third-order valence-corrected chi connectivity index (χ3v) is 8.59. The zero-order valence-corrected chi connectivity index (χ0v) is 18.5. The Morgan fingerprint density at radius 3 is 2.67 bits per heavy atom. The molecular formula is C20H26ClN3O5S. The zero-order valence-electron chi connectivity index (χ0n) is 16.9. The lowest BCUT2D eigenvalue weighted by molar-refractivity contribution is -0.136. The summed E-state index contributed by atoms with van der Waals surface area (Å²) >= 11 is 6.28. The van der Waals surface area contributed by atoms with E-state index in [1.54, 1.807) is 11.9 Å². The van der Waals surface area contributed by atoms with Gasteiger partial charge in [0.2, 0.25) is 15.9 Å². The number of anilines is 1. The number of amides is 2. The SMILES string of the molecule is CN(C(=O)C1CCCN1S(=O)(=O)c1cc2c(cc1Cl)NC(=O)CO2)C1CCCCC1. The normalized spacial score (nSPS) is 22.9. The van der Waals surface area contributed by atoms with Crippen LogP contribution in [0.4, 0.5) is 5.69 Å². The van der Waals surface area contributed by atoms with E-state index in [9.17, 15) is 18.0 Å². The molecule has 1 unspecified atom stereocenters. The molecule has 1 aliphatic carbocycles. The maximum absolute atomic E-state index is 13.4. The molecule has 0 radical (unpaired) electrons. The van der Waals surface area contributed by atoms with Crippen LogP contribution in [0.5, 0.6) is 5.75 Å². The average molecular weight is 456 g/mol. The van der Waals surface area contributed by atoms with Crippen molar-refractivity contribution >= 4 is 39.1 Å². The molecule has 1 aromatic rings. The minimum Gasteiger partial charge on any atom is -0.482 e. The zero-order chi connectivity index (χ0) is 21.5. The number of carbonyl (C=O) groups is 2. The number of nitrogens with one attached hydrogen (secondary N) is 1. The second-order valence-corrected chi connectivity index (χ2v) is 10.4. The van der Waals surface area contributed by atoms with Crippen LogP contribution in [-0.2, 0) is 19.6 Å². The number of hydrogen-bond donors (Lipinski definition) is 1. The summed E-state index contributed by atoms with van der Waals surface area (Å²) in [6, 6.07) is 2.15. The number of rotatable bonds is 4. The standard InChI is InChI=1S/C20H26ClN3O5S/c1-23(13-6-3-2-4-7-13)20(26)16-8-5-9-24(16)30(27,28)18-11-17-15(10-14(18)21)22-19(25)12-29-17/h10-11,13,16H,2-9,12H2,1H3,(H,22,25). The molecule has 164 valence electrons. The van der Waals surface area contributed by atoms with Gasteiger partial charge in [0.1, 0.15) is 16.7 Å². The molecule has 1 saturated carbocycles. The van der Waals surface area contributed by atoms with Crippen molar-refractivity contribution in [2.75, 3.05) is 25.5 Å². The second kappa shape index (κ2) is 8.36. The number of hydrogen-bond acceptors (Lipinski definition) is 5. The molecule has 1 saturated heterocycles. The molecule has 0 bridgehead atoms. The number of benzene rings is 1. The molecule has 30 heavy (non-hydrogen) atoms. The van der Waals surface area contributed by atoms with Gasteiger partial charge in [0.15, 0.2) is 6.61 Å². The Hall–Kier alpha value is -1.84. The molecule has 0 aromatic heterocycles. The molecule has 1 N–H and O–H groups in total. The molecule has 10 heteroatoms. The summed E-state index contributed by atoms with van der Waals surface area (Å²) in [6.45, 7) is 0.0768. The lowest BCUT2D eigenvalue weighted by Gasteiger charge is -2.35. The molecular weight excluding hydrogens is 430 g/mol. The van der Waals surface area contributed by atoms with Crippen LogP contribution >= 0.6 is 11.6 Å². The lowest BCUT2D eigenvalue weighted by Crippen LogP contribution is -2.49. The molecule has 1 aromatic carbocycles. The number of nitrogens with zero attached hydrogens (tertiary/aromatic N) is 2. The van der Waals surface area contributed by atoms with E-state index in [2.05, 4.69) is 5.32 Å². The maximum atomic E-state index is 13.4. The molecule has 2 fully saturated rings. The minimum absolute atomic E-state index is 0.0155. The first kappa shape index (κ1) is 21.4. The number of halogens is 1. The fourth-order valence-corrected chi connectivity index (χ4v) is 6.73. The molecule has 1 atom stereocenters. The van der Waals surface area contributed by atoms with Crippen molar-refractivity contribution in [2.24, 2.45) is 0 Å². The van der Waals surface area contributed by atoms with Gasteiger partial charge in [-0.2, -0.15) is 4.31 Å². The summed E-state index contributed by atoms with van der Waals surface area (Å²) in [7, 11) is -2.23. The van der Waals surface area contributed by atoms with Crippen molar-refractivity contribution in [1.29, 1.82) is 0 Å². The number of ether oxygens (including phenoxy) is 1. The van der Waals surface area contributed by atoms with E-state index >= 15 is 0 Å². The van der Waals surface area contributed by atoms with E-state index < -0.39 is 16.1 Å². The van der Waals surface area contributed by atoms with Gasteiger partial charge in [-0.05, 0) is 31.7 Å². The van der Waals surface area contributed by atoms with Crippen molar-refractivity contribution in [3.63, 3.8) is 0 Å². The van der Waals surface area contributed by atoms with E-state index in [0.29, 0.717) is 18.5 Å². The van der Waals surface area contributed by atoms with Crippen LogP contribution in [0.2, 0.25) is 5.02 Å². The molecule has 2 amide bonds. The summed E-state index contributed by atoms with van der Waals surface area (Å²) in [5, 5.41) is 2.59. The highest BCUT2D eigenvalue weighted by atomic mass is 35.5. The number of likely N-dealkylation sites (N-methyl/N-ethyl adjacent to an activating group) is 1. The van der Waals surface area contributed by atoms with Gasteiger partial charge in [-0.15, -0.1) is 0 Å². The van der Waals surface area contributed by atoms with E-state index in [1.807, 2.05) is 0 Å². The van der Waals surface area contributed by atoms with Crippen LogP contribution in [0, 0.1) is 0 Å². The van der Waals surface area contributed by atoms with Crippen molar-refractivity contribution in [3.05, 3.63) is 17.2 Å². The summed E-state index contributed by atoms with van der Waals surface area (Å²) < 4.78 is 33.5. The van der Waals surface area contributed by atoms with Gasteiger partial charge < -0.3 is 15.0 Å². The van der Waals surface area contributed by atoms with Crippen LogP contribution < -0.4 is 10.1 Å². The van der Waals surface area contributed by atoms with Gasteiger partial charge in [0, 0.05) is 25.7 Å². The van der Waals surface area contributed by atoms with Crippen molar-refractivity contribution in [3.8, 4) is 5.75 Å². The average Bonchev–Trinajstić information content (AvgIpc) is 3.23. The lowest BCUT2D eigenvalue weighted by atomic mass is 9.94. The van der Waals surface area contributed by atoms with Gasteiger partial charge in [-0.1, -0.05) is 30.9 Å². The summed E-state index contributed by atoms with van der Waals surface area (Å²) in [4.78, 5) is 26.3. The topological polar surface area (TPSA) is 96.0 Å². The smallest absolute Gasteiger partial charge is 0.262 e. The fourth-order valence-electron chi connectivity index (χ4n) is 4.56. The fraction of sp³-hybridized carbons (Fsp3) is 0.600. The summed E-state index contributed by atoms with van der Waals surface area (Å²) in [5.74, 6) is -0.232. The highest BCUT2D eigenvalue weighted by molar-refractivity contribution is 7.89. The predicted octanol–water partition coefficient (Wildman–Crippen LogP) is 2.62. The Balaban J connectivity index is 1.60. The predicted molar refractivity (Wildman–Crippen MR) is 112 cm³/mol. The number of fused-ring (bicyclic) bond motifs is 1. The van der Waals surface area contributed by atoms with Crippen LogP contribution in [0.1, 0.15) is 44.9 Å². The first-order valence-corrected chi connectivity index (χ1v) is 12.2. The molecule has 2 heterocycles. The Morgan fingerprint density at radius 2 is 1.93 bits per heavy atom. The van der Waals surface area contributed by atoms with Crippen LogP contribution in [0.15, 0.2) is 17.0 Å². The van der Waals surface area contributed by atoms with Gasteiger partial charge in [0.05, 0.1) is 10.7 Å². The van der Waals surface area contributed by atoms with Gasteiger partial charge in [-0.25, -0.2) is 8.42 Å². The molecule has 8 nitrogen and oxygen atoms in total. The first-order valence-electron chi connectivity index (χ1n) is 10.3. The van der Waals surface area contributed by atoms with Crippen molar-refractivity contribution < 1.29 is 22.7 Å². The van der Waals surface area contributed by atoms with Crippen LogP contribution in [0.25, 0.3) is 0 Å². The van der Waals surface area contributed by atoms with E-state index in [-0.39, 0.29) is 46.7 Å². The summed E-state index contributed by atoms with van der Waals surface area (Å²) in [5.41, 5.74) is 0.335. The van der Waals surface area contributed by atoms with Crippen LogP contribution in [0.3, 0.4) is 0 Å². The van der Waals surface area contributed by atoms with Crippen molar-refractivity contribution in [2.45, 2.75) is 61.9 Å². The quantitative estimate of drug-likeness (QED) is 0.752. The highest BCUT2D eigenvalue weighted by Gasteiger charge is 2.42. The number of sulfonamides is 1. The molecule has 4 rings (SSSR count). The Morgan fingerprint density at radius 1 is 1.20 bits per heavy atom. The largest absolute Gasteiger partial charge is 0.482 e. The van der Waals surface area contributed by atoms with E-state index in [0.717, 1.165) is 25.7 Å².